The van der Waals surface area contributed by atoms with Crippen molar-refractivity contribution >= 4 is 5.97 Å². The lowest BCUT2D eigenvalue weighted by molar-refractivity contribution is 0.0686. The molecular weight excluding hydrogens is 322 g/mol. The van der Waals surface area contributed by atoms with Gasteiger partial charge in [-0.2, -0.15) is 5.26 Å². The third-order valence-corrected chi connectivity index (χ3v) is 2.38. The molecule has 5 nitrogen and oxygen atoms in total. The minimum atomic E-state index is -1.70. The lowest BCUT2D eigenvalue weighted by Gasteiger charge is -1.99. The van der Waals surface area contributed by atoms with Crippen LogP contribution in [0.3, 0.4) is 0 Å². The molecule has 120 valence electrons. The Bertz CT molecular complexity index is 756. The molecule has 2 rings (SSSR count). The number of halogens is 4. The highest BCUT2D eigenvalue weighted by atomic mass is 19.1. The number of nitrogens with zero attached hydrogens (tertiary/aromatic N) is 1. The SMILES string of the molecule is N#Cc1c(F)cc(O)cc1F.O=C(O)c1c(F)cc(O)cc1F. The van der Waals surface area contributed by atoms with Gasteiger partial charge in [0.2, 0.25) is 0 Å². The molecule has 0 saturated carbocycles. The summed E-state index contributed by atoms with van der Waals surface area (Å²) in [6.07, 6.45) is 0. The zero-order valence-electron chi connectivity index (χ0n) is 11.0. The van der Waals surface area contributed by atoms with E-state index in [4.69, 9.17) is 20.6 Å². The van der Waals surface area contributed by atoms with E-state index in [1.807, 2.05) is 0 Å². The molecule has 0 aliphatic heterocycles. The maximum absolute atomic E-state index is 12.6. The molecule has 23 heavy (non-hydrogen) atoms. The fourth-order valence-electron chi connectivity index (χ4n) is 1.43. The van der Waals surface area contributed by atoms with Crippen LogP contribution in [0.15, 0.2) is 24.3 Å². The van der Waals surface area contributed by atoms with Crippen molar-refractivity contribution in [2.45, 2.75) is 0 Å². The predicted molar refractivity (Wildman–Crippen MR) is 67.7 cm³/mol. The molecule has 0 aliphatic rings. The summed E-state index contributed by atoms with van der Waals surface area (Å²) in [5.74, 6) is -7.56. The second-order valence-corrected chi connectivity index (χ2v) is 3.99. The summed E-state index contributed by atoms with van der Waals surface area (Å²) in [4.78, 5) is 10.2. The van der Waals surface area contributed by atoms with Crippen molar-refractivity contribution in [1.29, 1.82) is 5.26 Å². The molecule has 0 saturated heterocycles. The highest BCUT2D eigenvalue weighted by Crippen LogP contribution is 2.19. The topological polar surface area (TPSA) is 102 Å². The molecule has 2 aromatic rings. The van der Waals surface area contributed by atoms with Gasteiger partial charge in [0.25, 0.3) is 0 Å². The minimum absolute atomic E-state index is 0.529. The number of hydrogen-bond donors (Lipinski definition) is 3. The first-order valence-electron chi connectivity index (χ1n) is 5.66. The van der Waals surface area contributed by atoms with Crippen molar-refractivity contribution in [3.05, 3.63) is 58.7 Å². The van der Waals surface area contributed by atoms with Crippen molar-refractivity contribution in [2.75, 3.05) is 0 Å². The molecule has 3 N–H and O–H groups in total. The molecule has 2 aromatic carbocycles. The maximum Gasteiger partial charge on any atom is 0.341 e. The van der Waals surface area contributed by atoms with E-state index in [1.165, 1.54) is 6.07 Å². The Morgan fingerprint density at radius 1 is 0.870 bits per heavy atom. The van der Waals surface area contributed by atoms with E-state index in [0.717, 1.165) is 0 Å². The number of aromatic hydroxyl groups is 2. The lowest BCUT2D eigenvalue weighted by atomic mass is 10.2. The fraction of sp³-hybridized carbons (Fsp3) is 0. The number of hydrogen-bond acceptors (Lipinski definition) is 4. The van der Waals surface area contributed by atoms with Gasteiger partial charge in [0.05, 0.1) is 0 Å². The Kier molecular flexibility index (Phi) is 5.51. The highest BCUT2D eigenvalue weighted by Gasteiger charge is 2.17. The molecule has 0 aromatic heterocycles. The van der Waals surface area contributed by atoms with Gasteiger partial charge in [-0.1, -0.05) is 0 Å². The van der Waals surface area contributed by atoms with Gasteiger partial charge in [-0.3, -0.25) is 0 Å². The van der Waals surface area contributed by atoms with Crippen molar-refractivity contribution in [3.8, 4) is 17.6 Å². The largest absolute Gasteiger partial charge is 0.508 e. The van der Waals surface area contributed by atoms with Gasteiger partial charge < -0.3 is 15.3 Å². The Hall–Kier alpha value is -3.28. The number of benzene rings is 2. The summed E-state index contributed by atoms with van der Waals surface area (Å²) in [5.41, 5.74) is -1.74. The second kappa shape index (κ2) is 7.13. The average molecular weight is 329 g/mol. The van der Waals surface area contributed by atoms with Crippen LogP contribution in [0.25, 0.3) is 0 Å². The van der Waals surface area contributed by atoms with Gasteiger partial charge in [0.1, 0.15) is 52.0 Å². The molecule has 9 heteroatoms. The third kappa shape index (κ3) is 4.34. The van der Waals surface area contributed by atoms with Gasteiger partial charge in [0.15, 0.2) is 0 Å². The molecule has 0 amide bonds. The van der Waals surface area contributed by atoms with Crippen molar-refractivity contribution in [1.82, 2.24) is 0 Å². The summed E-state index contributed by atoms with van der Waals surface area (Å²) in [6, 6.07) is 3.76. The Morgan fingerprint density at radius 3 is 1.52 bits per heavy atom. The van der Waals surface area contributed by atoms with Gasteiger partial charge in [-0.15, -0.1) is 0 Å². The standard InChI is InChI=1S/C7H3F2NO.C7H4F2O3/c8-6-1-4(11)2-7(9)5(6)3-10;8-4-1-3(10)2-5(9)6(4)7(11)12/h1-2,11H;1-2,10H,(H,11,12). The quantitative estimate of drug-likeness (QED) is 0.698. The van der Waals surface area contributed by atoms with Crippen LogP contribution in [0.5, 0.6) is 11.5 Å². The summed E-state index contributed by atoms with van der Waals surface area (Å²) in [5, 5.41) is 33.7. The molecule has 0 spiro atoms. The van der Waals surface area contributed by atoms with Gasteiger partial charge in [-0.25, -0.2) is 22.4 Å². The summed E-state index contributed by atoms with van der Waals surface area (Å²) >= 11 is 0. The zero-order valence-corrected chi connectivity index (χ0v) is 11.0. The normalized spacial score (nSPS) is 9.52. The van der Waals surface area contributed by atoms with Crippen LogP contribution in [0.4, 0.5) is 17.6 Å². The average Bonchev–Trinajstić information content (AvgIpc) is 2.36. The smallest absolute Gasteiger partial charge is 0.341 e. The maximum atomic E-state index is 12.6. The van der Waals surface area contributed by atoms with E-state index in [0.29, 0.717) is 24.3 Å². The first-order chi connectivity index (χ1) is 10.7. The van der Waals surface area contributed by atoms with E-state index < -0.39 is 51.9 Å². The van der Waals surface area contributed by atoms with Crippen LogP contribution in [0.2, 0.25) is 0 Å². The molecule has 0 fully saturated rings. The van der Waals surface area contributed by atoms with Crippen LogP contribution < -0.4 is 0 Å². The molecule has 0 heterocycles. The molecule has 0 atom stereocenters. The van der Waals surface area contributed by atoms with E-state index in [1.54, 1.807) is 0 Å². The minimum Gasteiger partial charge on any atom is -0.508 e. The van der Waals surface area contributed by atoms with Crippen LogP contribution in [0.1, 0.15) is 15.9 Å². The van der Waals surface area contributed by atoms with Crippen LogP contribution in [0, 0.1) is 34.6 Å². The number of phenolic OH excluding ortho intramolecular Hbond substituents is 2. The van der Waals surface area contributed by atoms with E-state index in [9.17, 15) is 22.4 Å². The number of nitriles is 1. The van der Waals surface area contributed by atoms with E-state index in [2.05, 4.69) is 0 Å². The second-order valence-electron chi connectivity index (χ2n) is 3.99. The predicted octanol–water partition coefficient (Wildman–Crippen LogP) is 2.91. The molecule has 0 aliphatic carbocycles. The van der Waals surface area contributed by atoms with Crippen LogP contribution >= 0.6 is 0 Å². The van der Waals surface area contributed by atoms with Crippen molar-refractivity contribution in [2.24, 2.45) is 0 Å². The summed E-state index contributed by atoms with van der Waals surface area (Å²) < 4.78 is 50.1. The number of carboxylic acids is 1. The Morgan fingerprint density at radius 2 is 1.22 bits per heavy atom. The summed E-state index contributed by atoms with van der Waals surface area (Å²) in [6.45, 7) is 0. The first kappa shape index (κ1) is 17.8. The first-order valence-corrected chi connectivity index (χ1v) is 5.66. The molecular formula is C14H7F4NO4. The van der Waals surface area contributed by atoms with Gasteiger partial charge in [-0.05, 0) is 0 Å². The zero-order chi connectivity index (χ0) is 17.7. The molecule has 0 radical (unpaired) electrons. The third-order valence-electron chi connectivity index (χ3n) is 2.38. The van der Waals surface area contributed by atoms with E-state index >= 15 is 0 Å². The fourth-order valence-corrected chi connectivity index (χ4v) is 1.43. The number of aromatic carboxylic acids is 1. The summed E-state index contributed by atoms with van der Waals surface area (Å²) in [7, 11) is 0. The van der Waals surface area contributed by atoms with Gasteiger partial charge >= 0.3 is 5.97 Å². The van der Waals surface area contributed by atoms with E-state index in [-0.39, 0.29) is 0 Å². The number of carbonyl (C=O) groups is 1. The highest BCUT2D eigenvalue weighted by molar-refractivity contribution is 5.88. The molecule has 0 unspecified atom stereocenters. The Balaban J connectivity index is 0.000000231. The molecule has 0 bridgehead atoms. The monoisotopic (exact) mass is 329 g/mol. The van der Waals surface area contributed by atoms with Crippen LogP contribution in [-0.2, 0) is 0 Å². The number of phenols is 2. The van der Waals surface area contributed by atoms with Gasteiger partial charge in [0, 0.05) is 24.3 Å². The van der Waals surface area contributed by atoms with Crippen molar-refractivity contribution < 1.29 is 37.7 Å². The van der Waals surface area contributed by atoms with Crippen molar-refractivity contribution in [3.63, 3.8) is 0 Å². The Labute approximate surface area is 126 Å². The lowest BCUT2D eigenvalue weighted by Crippen LogP contribution is -2.03. The number of carboxylic acid groups (broad SMARTS) is 1. The number of rotatable bonds is 1. The van der Waals surface area contributed by atoms with Crippen LogP contribution in [-0.4, -0.2) is 21.3 Å².